The highest BCUT2D eigenvalue weighted by atomic mass is 35.5. The molecule has 0 bridgehead atoms. The highest BCUT2D eigenvalue weighted by Crippen LogP contribution is 2.24. The third-order valence-electron chi connectivity index (χ3n) is 2.42. The van der Waals surface area contributed by atoms with Gasteiger partial charge in [0.15, 0.2) is 0 Å². The van der Waals surface area contributed by atoms with Gasteiger partial charge in [-0.05, 0) is 0 Å². The van der Waals surface area contributed by atoms with Crippen molar-refractivity contribution in [2.45, 2.75) is 6.42 Å². The fourth-order valence-electron chi connectivity index (χ4n) is 1.59. The highest BCUT2D eigenvalue weighted by molar-refractivity contribution is 6.33. The number of amides is 2. The summed E-state index contributed by atoms with van der Waals surface area (Å²) in [6, 6.07) is 1.36. The standard InChI is InChI=1S/C9H8Cl2N4O2/c10-5-2-6(11)14-9(13-5)15-3-4(8(12)17)1-7(15)16/h2,4H,1,3H2,(H2,12,17). The van der Waals surface area contributed by atoms with Crippen molar-refractivity contribution in [3.63, 3.8) is 0 Å². The van der Waals surface area contributed by atoms with E-state index in [0.29, 0.717) is 0 Å². The van der Waals surface area contributed by atoms with E-state index in [1.807, 2.05) is 0 Å². The Morgan fingerprint density at radius 3 is 2.47 bits per heavy atom. The lowest BCUT2D eigenvalue weighted by Gasteiger charge is -2.13. The molecule has 2 heterocycles. The molecule has 0 aliphatic carbocycles. The second kappa shape index (κ2) is 4.46. The molecule has 2 amide bonds. The van der Waals surface area contributed by atoms with E-state index in [1.165, 1.54) is 11.0 Å². The van der Waals surface area contributed by atoms with Gasteiger partial charge >= 0.3 is 0 Å². The van der Waals surface area contributed by atoms with Gasteiger partial charge in [-0.25, -0.2) is 9.97 Å². The van der Waals surface area contributed by atoms with Crippen molar-refractivity contribution in [3.8, 4) is 0 Å². The summed E-state index contributed by atoms with van der Waals surface area (Å²) in [4.78, 5) is 31.7. The van der Waals surface area contributed by atoms with Crippen LogP contribution in [0, 0.1) is 5.92 Å². The van der Waals surface area contributed by atoms with E-state index in [1.54, 1.807) is 0 Å². The Kier molecular flexibility index (Phi) is 3.17. The van der Waals surface area contributed by atoms with Gasteiger partial charge < -0.3 is 5.73 Å². The first-order valence-corrected chi connectivity index (χ1v) is 5.52. The van der Waals surface area contributed by atoms with Crippen LogP contribution in [0.1, 0.15) is 6.42 Å². The van der Waals surface area contributed by atoms with Crippen molar-refractivity contribution in [1.82, 2.24) is 9.97 Å². The maximum absolute atomic E-state index is 11.7. The minimum Gasteiger partial charge on any atom is -0.369 e. The lowest BCUT2D eigenvalue weighted by atomic mass is 10.1. The Labute approximate surface area is 107 Å². The molecular formula is C9H8Cl2N4O2. The van der Waals surface area contributed by atoms with Crippen molar-refractivity contribution in [2.75, 3.05) is 11.4 Å². The number of nitrogens with zero attached hydrogens (tertiary/aromatic N) is 3. The number of primary amides is 1. The number of carbonyl (C=O) groups excluding carboxylic acids is 2. The van der Waals surface area contributed by atoms with Crippen LogP contribution >= 0.6 is 23.2 Å². The number of anilines is 1. The van der Waals surface area contributed by atoms with Crippen molar-refractivity contribution >= 4 is 41.0 Å². The predicted molar refractivity (Wildman–Crippen MR) is 61.7 cm³/mol. The predicted octanol–water partition coefficient (Wildman–Crippen LogP) is 0.622. The van der Waals surface area contributed by atoms with Crippen LogP contribution in [0.2, 0.25) is 10.3 Å². The van der Waals surface area contributed by atoms with Crippen molar-refractivity contribution in [3.05, 3.63) is 16.4 Å². The SMILES string of the molecule is NC(=O)C1CC(=O)N(c2nc(Cl)cc(Cl)n2)C1. The summed E-state index contributed by atoms with van der Waals surface area (Å²) in [5, 5.41) is 0.269. The number of nitrogens with two attached hydrogens (primary N) is 1. The quantitative estimate of drug-likeness (QED) is 0.801. The second-order valence-corrected chi connectivity index (χ2v) is 4.40. The van der Waals surface area contributed by atoms with Crippen LogP contribution in [-0.4, -0.2) is 28.3 Å². The van der Waals surface area contributed by atoms with Gasteiger partial charge in [0.05, 0.1) is 5.92 Å². The average molecular weight is 275 g/mol. The minimum absolute atomic E-state index is 0.0584. The van der Waals surface area contributed by atoms with E-state index in [4.69, 9.17) is 28.9 Å². The van der Waals surface area contributed by atoms with Crippen molar-refractivity contribution in [2.24, 2.45) is 11.7 Å². The molecule has 1 aromatic heterocycles. The molecule has 0 radical (unpaired) electrons. The van der Waals surface area contributed by atoms with Gasteiger partial charge in [0, 0.05) is 19.0 Å². The van der Waals surface area contributed by atoms with Crippen molar-refractivity contribution < 1.29 is 9.59 Å². The molecule has 90 valence electrons. The normalized spacial score (nSPS) is 19.8. The Balaban J connectivity index is 2.28. The third-order valence-corrected chi connectivity index (χ3v) is 2.81. The molecular weight excluding hydrogens is 267 g/mol. The Morgan fingerprint density at radius 1 is 1.41 bits per heavy atom. The maximum Gasteiger partial charge on any atom is 0.235 e. The second-order valence-electron chi connectivity index (χ2n) is 3.62. The number of aromatic nitrogens is 2. The molecule has 1 aliphatic rings. The number of hydrogen-bond donors (Lipinski definition) is 1. The Bertz CT molecular complexity index is 474. The van der Waals surface area contributed by atoms with E-state index < -0.39 is 11.8 Å². The van der Waals surface area contributed by atoms with E-state index in [9.17, 15) is 9.59 Å². The summed E-state index contributed by atoms with van der Waals surface area (Å²) < 4.78 is 0. The molecule has 1 aromatic rings. The van der Waals surface area contributed by atoms with E-state index >= 15 is 0 Å². The monoisotopic (exact) mass is 274 g/mol. The van der Waals surface area contributed by atoms with Crippen LogP contribution in [0.25, 0.3) is 0 Å². The summed E-state index contributed by atoms with van der Waals surface area (Å²) in [5.41, 5.74) is 5.15. The molecule has 2 rings (SSSR count). The third kappa shape index (κ3) is 2.48. The van der Waals surface area contributed by atoms with Crippen molar-refractivity contribution in [1.29, 1.82) is 0 Å². The maximum atomic E-state index is 11.7. The van der Waals surface area contributed by atoms with Gasteiger partial charge in [0.1, 0.15) is 10.3 Å². The smallest absolute Gasteiger partial charge is 0.235 e. The van der Waals surface area contributed by atoms with E-state index in [2.05, 4.69) is 9.97 Å². The van der Waals surface area contributed by atoms with Crippen LogP contribution < -0.4 is 10.6 Å². The van der Waals surface area contributed by atoms with Gasteiger partial charge in [-0.3, -0.25) is 14.5 Å². The van der Waals surface area contributed by atoms with Crippen LogP contribution in [0.3, 0.4) is 0 Å². The van der Waals surface area contributed by atoms with Gasteiger partial charge in [-0.15, -0.1) is 0 Å². The lowest BCUT2D eigenvalue weighted by Crippen LogP contribution is -2.29. The zero-order valence-electron chi connectivity index (χ0n) is 8.56. The Morgan fingerprint density at radius 2 is 2.00 bits per heavy atom. The molecule has 1 fully saturated rings. The van der Waals surface area contributed by atoms with E-state index in [0.717, 1.165) is 0 Å². The summed E-state index contributed by atoms with van der Waals surface area (Å²) >= 11 is 11.4. The molecule has 6 nitrogen and oxygen atoms in total. The fraction of sp³-hybridized carbons (Fsp3) is 0.333. The number of rotatable bonds is 2. The first kappa shape index (κ1) is 12.1. The first-order valence-electron chi connectivity index (χ1n) is 4.77. The van der Waals surface area contributed by atoms with Gasteiger partial charge in [-0.2, -0.15) is 0 Å². The summed E-state index contributed by atoms with van der Waals surface area (Å²) in [6.45, 7) is 0.158. The number of carbonyl (C=O) groups is 2. The lowest BCUT2D eigenvalue weighted by molar-refractivity contribution is -0.123. The molecule has 2 N–H and O–H groups in total. The molecule has 8 heteroatoms. The van der Waals surface area contributed by atoms with E-state index in [-0.39, 0.29) is 35.1 Å². The Hall–Kier alpha value is -1.40. The van der Waals surface area contributed by atoms with Gasteiger partial charge in [-0.1, -0.05) is 23.2 Å². The molecule has 1 aliphatic heterocycles. The molecule has 0 aromatic carbocycles. The summed E-state index contributed by atoms with van der Waals surface area (Å²) in [6.07, 6.45) is 0.0584. The summed E-state index contributed by atoms with van der Waals surface area (Å²) in [5.74, 6) is -1.22. The first-order chi connectivity index (χ1) is 7.97. The zero-order chi connectivity index (χ0) is 12.6. The highest BCUT2D eigenvalue weighted by Gasteiger charge is 2.35. The summed E-state index contributed by atoms with van der Waals surface area (Å²) in [7, 11) is 0. The molecule has 1 unspecified atom stereocenters. The topological polar surface area (TPSA) is 89.2 Å². The number of hydrogen-bond acceptors (Lipinski definition) is 4. The fourth-order valence-corrected chi connectivity index (χ4v) is 2.00. The van der Waals surface area contributed by atoms with Crippen LogP contribution in [0.5, 0.6) is 0 Å². The molecule has 1 saturated heterocycles. The molecule has 0 spiro atoms. The zero-order valence-corrected chi connectivity index (χ0v) is 10.1. The van der Waals surface area contributed by atoms with Gasteiger partial charge in [0.2, 0.25) is 17.8 Å². The van der Waals surface area contributed by atoms with Gasteiger partial charge in [0.25, 0.3) is 0 Å². The molecule has 0 saturated carbocycles. The minimum atomic E-state index is -0.524. The number of halogens is 2. The average Bonchev–Trinajstić information content (AvgIpc) is 2.59. The van der Waals surface area contributed by atoms with Crippen LogP contribution in [0.15, 0.2) is 6.07 Å². The molecule has 17 heavy (non-hydrogen) atoms. The van der Waals surface area contributed by atoms with Crippen LogP contribution in [-0.2, 0) is 9.59 Å². The van der Waals surface area contributed by atoms with Crippen LogP contribution in [0.4, 0.5) is 5.95 Å². The largest absolute Gasteiger partial charge is 0.369 e. The molecule has 1 atom stereocenters.